The largest absolute Gasteiger partial charge is 0.429 e. The Bertz CT molecular complexity index is 1770. The monoisotopic (exact) mass is 641 g/mol. The lowest BCUT2D eigenvalue weighted by atomic mass is 9.83. The van der Waals surface area contributed by atoms with Gasteiger partial charge in [-0.1, -0.05) is 93.3 Å². The zero-order valence-corrected chi connectivity index (χ0v) is 26.5. The molecule has 1 saturated carbocycles. The van der Waals surface area contributed by atoms with Crippen LogP contribution in [-0.4, -0.2) is 23.0 Å². The predicted octanol–water partition coefficient (Wildman–Crippen LogP) is 10.3. The van der Waals surface area contributed by atoms with Gasteiger partial charge in [-0.05, 0) is 77.3 Å². The normalized spacial score (nSPS) is 14.9. The number of allylic oxidation sites excluding steroid dienone is 1. The lowest BCUT2D eigenvalue weighted by molar-refractivity contribution is -0.131. The van der Waals surface area contributed by atoms with E-state index in [2.05, 4.69) is 29.5 Å². The maximum atomic E-state index is 14.3. The third-order valence-electron chi connectivity index (χ3n) is 8.77. The van der Waals surface area contributed by atoms with Crippen molar-refractivity contribution in [2.75, 3.05) is 0 Å². The van der Waals surface area contributed by atoms with Crippen LogP contribution in [-0.2, 0) is 6.42 Å². The van der Waals surface area contributed by atoms with Crippen LogP contribution in [0.1, 0.15) is 72.9 Å². The molecule has 1 heterocycles. The number of H-pyrrole nitrogens is 1. The van der Waals surface area contributed by atoms with Gasteiger partial charge in [0.15, 0.2) is 0 Å². The highest BCUT2D eigenvalue weighted by Crippen LogP contribution is 2.38. The lowest BCUT2D eigenvalue weighted by Gasteiger charge is -2.23. The van der Waals surface area contributed by atoms with Gasteiger partial charge in [0, 0.05) is 34.2 Å². The second-order valence-electron chi connectivity index (χ2n) is 11.9. The van der Waals surface area contributed by atoms with Crippen LogP contribution in [0.25, 0.3) is 27.6 Å². The highest BCUT2D eigenvalue weighted by atomic mass is 35.5. The van der Waals surface area contributed by atoms with Gasteiger partial charge in [0.2, 0.25) is 0 Å². The number of hydrogen-bond acceptors (Lipinski definition) is 3. The van der Waals surface area contributed by atoms with Gasteiger partial charge in [0.25, 0.3) is 5.91 Å². The fourth-order valence-corrected chi connectivity index (χ4v) is 6.56. The summed E-state index contributed by atoms with van der Waals surface area (Å²) < 4.78 is 33.6. The minimum Gasteiger partial charge on any atom is -0.429 e. The van der Waals surface area contributed by atoms with Gasteiger partial charge in [-0.15, -0.1) is 0 Å². The molecule has 8 heteroatoms. The van der Waals surface area contributed by atoms with E-state index >= 15 is 0 Å². The molecule has 1 atom stereocenters. The molecular formula is C38H38ClF2N3O2. The number of fused-ring (bicyclic) bond motifs is 1. The highest BCUT2D eigenvalue weighted by Gasteiger charge is 2.30. The number of rotatable bonds is 11. The summed E-state index contributed by atoms with van der Waals surface area (Å²) in [4.78, 5) is 16.9. The van der Waals surface area contributed by atoms with Crippen LogP contribution in [0.2, 0.25) is 5.02 Å². The van der Waals surface area contributed by atoms with Crippen molar-refractivity contribution < 1.29 is 18.3 Å². The molecule has 0 radical (unpaired) electrons. The number of carbonyl (C=O) groups is 1. The number of nitrogens with one attached hydrogen (secondary N) is 2. The minimum absolute atomic E-state index is 0.0197. The number of aromatic amines is 1. The number of amides is 1. The Hall–Kier alpha value is -4.41. The molecule has 0 aliphatic heterocycles. The first-order valence-electron chi connectivity index (χ1n) is 15.8. The van der Waals surface area contributed by atoms with Crippen molar-refractivity contribution >= 4 is 34.0 Å². The molecule has 5 rings (SSSR count). The summed E-state index contributed by atoms with van der Waals surface area (Å²) in [6.07, 6.45) is 7.23. The van der Waals surface area contributed by atoms with Gasteiger partial charge in [0.1, 0.15) is 5.75 Å². The van der Waals surface area contributed by atoms with Crippen LogP contribution in [0.5, 0.6) is 5.75 Å². The highest BCUT2D eigenvalue weighted by molar-refractivity contribution is 6.32. The Morgan fingerprint density at radius 3 is 2.48 bits per heavy atom. The number of halogens is 3. The van der Waals surface area contributed by atoms with E-state index in [9.17, 15) is 18.8 Å². The zero-order chi connectivity index (χ0) is 32.7. The van der Waals surface area contributed by atoms with E-state index in [1.807, 2.05) is 48.7 Å². The molecule has 46 heavy (non-hydrogen) atoms. The average Bonchev–Trinajstić information content (AvgIpc) is 3.43. The summed E-state index contributed by atoms with van der Waals surface area (Å²) in [7, 11) is 0. The average molecular weight is 642 g/mol. The number of carbonyl (C=O) groups excluding carboxylic acids is 1. The van der Waals surface area contributed by atoms with E-state index in [1.165, 1.54) is 44.2 Å². The quantitative estimate of drug-likeness (QED) is 0.160. The van der Waals surface area contributed by atoms with E-state index in [-0.39, 0.29) is 17.7 Å². The van der Waals surface area contributed by atoms with E-state index in [4.69, 9.17) is 16.3 Å². The summed E-state index contributed by atoms with van der Waals surface area (Å²) in [6, 6.07) is 19.4. The van der Waals surface area contributed by atoms with Crippen LogP contribution < -0.4 is 10.1 Å². The molecular weight excluding hydrogens is 604 g/mol. The molecule has 5 nitrogen and oxygen atoms in total. The zero-order valence-electron chi connectivity index (χ0n) is 25.8. The summed E-state index contributed by atoms with van der Waals surface area (Å²) in [5.41, 5.74) is 5.01. The number of hydrogen-bond donors (Lipinski definition) is 2. The van der Waals surface area contributed by atoms with Crippen molar-refractivity contribution in [2.24, 2.45) is 5.92 Å². The Morgan fingerprint density at radius 1 is 1.07 bits per heavy atom. The standard InChI is InChI=1S/C38H38ClF2N3O2/c1-3-38(40,41)46-36-18-16-27(28-15-17-31(34(39)23-28)25(2)26-11-7-5-4-6-8-12-26)22-33(36)37(45)44-30(19-20-42)21-29-24-43-35-14-10-9-13-32(29)35/h3,9-10,13-18,22-24,26,30,43H,1-2,4-8,11-12,19,21H2,(H,44,45). The molecule has 238 valence electrons. The number of para-hydroxylation sites is 1. The first-order chi connectivity index (χ1) is 22.2. The van der Waals surface area contributed by atoms with Crippen molar-refractivity contribution in [3.63, 3.8) is 0 Å². The van der Waals surface area contributed by atoms with Crippen molar-refractivity contribution in [2.45, 2.75) is 69.9 Å². The van der Waals surface area contributed by atoms with E-state index < -0.39 is 18.1 Å². The van der Waals surface area contributed by atoms with Crippen LogP contribution in [0.3, 0.4) is 0 Å². The van der Waals surface area contributed by atoms with Crippen molar-refractivity contribution in [1.82, 2.24) is 10.3 Å². The maximum absolute atomic E-state index is 14.3. The number of ether oxygens (including phenoxy) is 1. The molecule has 1 amide bonds. The molecule has 0 spiro atoms. The molecule has 2 N–H and O–H groups in total. The second kappa shape index (κ2) is 14.8. The summed E-state index contributed by atoms with van der Waals surface area (Å²) >= 11 is 6.81. The van der Waals surface area contributed by atoms with Crippen molar-refractivity contribution in [3.8, 4) is 22.9 Å². The number of aromatic nitrogens is 1. The SMILES string of the molecule is C=CC(F)(F)Oc1ccc(-c2ccc(C(=C)C3CCCCCCC3)c(Cl)c2)cc1C(=O)NC(CC#N)Cc1c[nH]c2ccccc12. The summed E-state index contributed by atoms with van der Waals surface area (Å²) in [6.45, 7) is 7.55. The van der Waals surface area contributed by atoms with Crippen LogP contribution in [0, 0.1) is 17.2 Å². The number of nitriles is 1. The van der Waals surface area contributed by atoms with Gasteiger partial charge in [-0.25, -0.2) is 0 Å². The van der Waals surface area contributed by atoms with Gasteiger partial charge in [-0.3, -0.25) is 4.79 Å². The molecule has 1 aliphatic carbocycles. The first kappa shape index (κ1) is 33.0. The van der Waals surface area contributed by atoms with Gasteiger partial charge >= 0.3 is 6.11 Å². The molecule has 4 aromatic rings. The second-order valence-corrected chi connectivity index (χ2v) is 12.3. The fourth-order valence-electron chi connectivity index (χ4n) is 6.26. The molecule has 0 bridgehead atoms. The van der Waals surface area contributed by atoms with Crippen molar-refractivity contribution in [1.29, 1.82) is 5.26 Å². The number of benzene rings is 3. The first-order valence-corrected chi connectivity index (χ1v) is 16.1. The number of alkyl halides is 2. The van der Waals surface area contributed by atoms with Gasteiger partial charge in [-0.2, -0.15) is 14.0 Å². The molecule has 1 aromatic heterocycles. The van der Waals surface area contributed by atoms with E-state index in [0.717, 1.165) is 40.4 Å². The number of nitrogens with zero attached hydrogens (tertiary/aromatic N) is 1. The van der Waals surface area contributed by atoms with E-state index in [1.54, 1.807) is 6.07 Å². The Labute approximate surface area is 273 Å². The van der Waals surface area contributed by atoms with Gasteiger partial charge < -0.3 is 15.0 Å². The minimum atomic E-state index is -3.70. The lowest BCUT2D eigenvalue weighted by Crippen LogP contribution is -2.36. The van der Waals surface area contributed by atoms with Gasteiger partial charge in [0.05, 0.1) is 18.1 Å². The fraction of sp³-hybridized carbons (Fsp3) is 0.316. The topological polar surface area (TPSA) is 77.9 Å². The third kappa shape index (κ3) is 7.86. The van der Waals surface area contributed by atoms with Crippen molar-refractivity contribution in [3.05, 3.63) is 108 Å². The van der Waals surface area contributed by atoms with Crippen LogP contribution in [0.4, 0.5) is 8.78 Å². The molecule has 0 saturated heterocycles. The van der Waals surface area contributed by atoms with E-state index in [0.29, 0.717) is 34.6 Å². The summed E-state index contributed by atoms with van der Waals surface area (Å²) in [5.74, 6) is -0.570. The van der Waals surface area contributed by atoms with Crippen LogP contribution in [0.15, 0.2) is 86.1 Å². The Kier molecular flexibility index (Phi) is 10.6. The summed E-state index contributed by atoms with van der Waals surface area (Å²) in [5, 5.41) is 13.9. The Balaban J connectivity index is 1.43. The van der Waals surface area contributed by atoms with Crippen LogP contribution >= 0.6 is 11.6 Å². The predicted molar refractivity (Wildman–Crippen MR) is 181 cm³/mol. The molecule has 1 fully saturated rings. The Morgan fingerprint density at radius 2 is 1.76 bits per heavy atom. The molecule has 1 aliphatic rings. The molecule has 3 aromatic carbocycles. The third-order valence-corrected chi connectivity index (χ3v) is 9.08. The molecule has 1 unspecified atom stereocenters. The maximum Gasteiger partial charge on any atom is 0.419 e. The smallest absolute Gasteiger partial charge is 0.419 e.